The standard InChI is InChI=1S/C14H17NO5/c1-20-12-3-2-9(6-11(12)16)4-5-15-8-10(14(18)19)7-13(15)17/h2-3,6,10,16H,4-5,7-8H2,1H3,(H,18,19). The zero-order valence-electron chi connectivity index (χ0n) is 11.2. The van der Waals surface area contributed by atoms with E-state index in [4.69, 9.17) is 9.84 Å². The summed E-state index contributed by atoms with van der Waals surface area (Å²) < 4.78 is 4.96. The van der Waals surface area contributed by atoms with E-state index in [1.54, 1.807) is 17.0 Å². The van der Waals surface area contributed by atoms with Crippen molar-refractivity contribution in [2.24, 2.45) is 5.92 Å². The predicted molar refractivity (Wildman–Crippen MR) is 70.7 cm³/mol. The molecular formula is C14H17NO5. The van der Waals surface area contributed by atoms with E-state index in [-0.39, 0.29) is 24.6 Å². The molecule has 0 bridgehead atoms. The molecule has 1 amide bonds. The second kappa shape index (κ2) is 5.81. The van der Waals surface area contributed by atoms with Crippen LogP contribution in [0, 0.1) is 5.92 Å². The molecule has 6 nitrogen and oxygen atoms in total. The Hall–Kier alpha value is -2.24. The van der Waals surface area contributed by atoms with Crippen LogP contribution in [0.3, 0.4) is 0 Å². The van der Waals surface area contributed by atoms with E-state index in [1.165, 1.54) is 7.11 Å². The zero-order valence-corrected chi connectivity index (χ0v) is 11.2. The number of phenolic OH excluding ortho intramolecular Hbond substituents is 1. The molecule has 1 aliphatic rings. The Balaban J connectivity index is 1.94. The van der Waals surface area contributed by atoms with Gasteiger partial charge in [-0.15, -0.1) is 0 Å². The molecule has 1 heterocycles. The Morgan fingerprint density at radius 2 is 2.25 bits per heavy atom. The number of phenols is 1. The smallest absolute Gasteiger partial charge is 0.308 e. The van der Waals surface area contributed by atoms with Crippen LogP contribution in [0.1, 0.15) is 12.0 Å². The van der Waals surface area contributed by atoms with Crippen molar-refractivity contribution in [1.29, 1.82) is 0 Å². The summed E-state index contributed by atoms with van der Waals surface area (Å²) in [5.74, 6) is -1.21. The van der Waals surface area contributed by atoms with Crippen LogP contribution in [-0.4, -0.2) is 47.2 Å². The summed E-state index contributed by atoms with van der Waals surface area (Å²) >= 11 is 0. The highest BCUT2D eigenvalue weighted by atomic mass is 16.5. The second-order valence-electron chi connectivity index (χ2n) is 4.84. The molecule has 1 unspecified atom stereocenters. The molecule has 0 aromatic heterocycles. The second-order valence-corrected chi connectivity index (χ2v) is 4.84. The third kappa shape index (κ3) is 3.01. The van der Waals surface area contributed by atoms with E-state index in [2.05, 4.69) is 0 Å². The lowest BCUT2D eigenvalue weighted by Gasteiger charge is -2.16. The van der Waals surface area contributed by atoms with Gasteiger partial charge >= 0.3 is 5.97 Å². The fourth-order valence-electron chi connectivity index (χ4n) is 2.31. The highest BCUT2D eigenvalue weighted by molar-refractivity contribution is 5.86. The van der Waals surface area contributed by atoms with E-state index in [0.29, 0.717) is 18.7 Å². The van der Waals surface area contributed by atoms with Gasteiger partial charge in [0, 0.05) is 19.5 Å². The van der Waals surface area contributed by atoms with Gasteiger partial charge in [-0.25, -0.2) is 0 Å². The Morgan fingerprint density at radius 1 is 1.50 bits per heavy atom. The van der Waals surface area contributed by atoms with Gasteiger partial charge in [0.15, 0.2) is 11.5 Å². The predicted octanol–water partition coefficient (Wildman–Crippen LogP) is 0.876. The molecule has 2 rings (SSSR count). The molecule has 1 saturated heterocycles. The maximum absolute atomic E-state index is 11.7. The van der Waals surface area contributed by atoms with Crippen molar-refractivity contribution < 1.29 is 24.5 Å². The number of carbonyl (C=O) groups excluding carboxylic acids is 1. The molecule has 1 aromatic rings. The SMILES string of the molecule is COc1ccc(CCN2CC(C(=O)O)CC2=O)cc1O. The summed E-state index contributed by atoms with van der Waals surface area (Å²) in [6.07, 6.45) is 0.638. The van der Waals surface area contributed by atoms with Crippen molar-refractivity contribution in [2.75, 3.05) is 20.2 Å². The van der Waals surface area contributed by atoms with Crippen LogP contribution in [0.2, 0.25) is 0 Å². The molecule has 0 aliphatic carbocycles. The average molecular weight is 279 g/mol. The zero-order chi connectivity index (χ0) is 14.7. The first kappa shape index (κ1) is 14.2. The molecule has 2 N–H and O–H groups in total. The number of aromatic hydroxyl groups is 1. The maximum Gasteiger partial charge on any atom is 0.308 e. The molecule has 1 atom stereocenters. The molecule has 0 saturated carbocycles. The van der Waals surface area contributed by atoms with Gasteiger partial charge in [-0.3, -0.25) is 9.59 Å². The monoisotopic (exact) mass is 279 g/mol. The topological polar surface area (TPSA) is 87.1 Å². The molecule has 1 aromatic carbocycles. The van der Waals surface area contributed by atoms with E-state index >= 15 is 0 Å². The first-order valence-electron chi connectivity index (χ1n) is 6.37. The van der Waals surface area contributed by atoms with E-state index in [0.717, 1.165) is 5.56 Å². The van der Waals surface area contributed by atoms with Crippen molar-refractivity contribution >= 4 is 11.9 Å². The number of carbonyl (C=O) groups is 2. The Labute approximate surface area is 116 Å². The summed E-state index contributed by atoms with van der Waals surface area (Å²) in [6, 6.07) is 5.07. The summed E-state index contributed by atoms with van der Waals surface area (Å²) in [5.41, 5.74) is 0.870. The van der Waals surface area contributed by atoms with Gasteiger partial charge in [0.05, 0.1) is 13.0 Å². The highest BCUT2D eigenvalue weighted by Crippen LogP contribution is 2.26. The lowest BCUT2D eigenvalue weighted by atomic mass is 10.1. The number of carboxylic acids is 1. The summed E-state index contributed by atoms with van der Waals surface area (Å²) in [7, 11) is 1.48. The molecule has 108 valence electrons. The summed E-state index contributed by atoms with van der Waals surface area (Å²) in [4.78, 5) is 24.1. The van der Waals surface area contributed by atoms with Crippen molar-refractivity contribution in [2.45, 2.75) is 12.8 Å². The lowest BCUT2D eigenvalue weighted by molar-refractivity contribution is -0.141. The van der Waals surface area contributed by atoms with Crippen molar-refractivity contribution in [1.82, 2.24) is 4.90 Å². The number of ether oxygens (including phenoxy) is 1. The molecule has 1 fully saturated rings. The van der Waals surface area contributed by atoms with Gasteiger partial charge in [0.1, 0.15) is 0 Å². The largest absolute Gasteiger partial charge is 0.504 e. The van der Waals surface area contributed by atoms with Gasteiger partial charge in [-0.05, 0) is 24.1 Å². The van der Waals surface area contributed by atoms with Crippen molar-refractivity contribution in [3.8, 4) is 11.5 Å². The van der Waals surface area contributed by atoms with Crippen LogP contribution in [0.15, 0.2) is 18.2 Å². The van der Waals surface area contributed by atoms with Crippen LogP contribution in [0.5, 0.6) is 11.5 Å². The first-order valence-corrected chi connectivity index (χ1v) is 6.37. The number of nitrogens with zero attached hydrogens (tertiary/aromatic N) is 1. The summed E-state index contributed by atoms with van der Waals surface area (Å²) in [5, 5.41) is 18.6. The fraction of sp³-hybridized carbons (Fsp3) is 0.429. The van der Waals surface area contributed by atoms with Gasteiger partial charge in [0.2, 0.25) is 5.91 Å². The lowest BCUT2D eigenvalue weighted by Crippen LogP contribution is -2.28. The maximum atomic E-state index is 11.7. The van der Waals surface area contributed by atoms with Gasteiger partial charge in [0.25, 0.3) is 0 Å². The number of amides is 1. The molecule has 20 heavy (non-hydrogen) atoms. The number of rotatable bonds is 5. The third-order valence-corrected chi connectivity index (χ3v) is 3.48. The highest BCUT2D eigenvalue weighted by Gasteiger charge is 2.33. The number of benzene rings is 1. The first-order chi connectivity index (χ1) is 9.51. The van der Waals surface area contributed by atoms with Crippen LogP contribution in [0.4, 0.5) is 0 Å². The minimum absolute atomic E-state index is 0.0566. The Morgan fingerprint density at radius 3 is 2.80 bits per heavy atom. The van der Waals surface area contributed by atoms with E-state index in [1.807, 2.05) is 6.07 Å². The number of likely N-dealkylation sites (tertiary alicyclic amines) is 1. The molecule has 0 radical (unpaired) electrons. The van der Waals surface area contributed by atoms with E-state index in [9.17, 15) is 14.7 Å². The quantitative estimate of drug-likeness (QED) is 0.835. The fourth-order valence-corrected chi connectivity index (χ4v) is 2.31. The van der Waals surface area contributed by atoms with Crippen molar-refractivity contribution in [3.63, 3.8) is 0 Å². The Bertz CT molecular complexity index is 528. The number of hydrogen-bond donors (Lipinski definition) is 2. The molecule has 6 heteroatoms. The third-order valence-electron chi connectivity index (χ3n) is 3.48. The van der Waals surface area contributed by atoms with Crippen LogP contribution >= 0.6 is 0 Å². The van der Waals surface area contributed by atoms with E-state index < -0.39 is 11.9 Å². The van der Waals surface area contributed by atoms with Gasteiger partial charge in [-0.1, -0.05) is 6.07 Å². The number of aliphatic carboxylic acids is 1. The number of methoxy groups -OCH3 is 1. The minimum Gasteiger partial charge on any atom is -0.504 e. The van der Waals surface area contributed by atoms with Gasteiger partial charge in [-0.2, -0.15) is 0 Å². The number of carboxylic acid groups (broad SMARTS) is 1. The molecule has 1 aliphatic heterocycles. The average Bonchev–Trinajstić information content (AvgIpc) is 2.78. The summed E-state index contributed by atoms with van der Waals surface area (Å²) in [6.45, 7) is 0.713. The Kier molecular flexibility index (Phi) is 4.12. The van der Waals surface area contributed by atoms with Crippen LogP contribution in [0.25, 0.3) is 0 Å². The van der Waals surface area contributed by atoms with Gasteiger partial charge < -0.3 is 19.8 Å². The normalized spacial score (nSPS) is 18.4. The van der Waals surface area contributed by atoms with Crippen LogP contribution < -0.4 is 4.74 Å². The number of hydrogen-bond acceptors (Lipinski definition) is 4. The molecule has 0 spiro atoms. The minimum atomic E-state index is -0.928. The van der Waals surface area contributed by atoms with Crippen molar-refractivity contribution in [3.05, 3.63) is 23.8 Å². The molecular weight excluding hydrogens is 262 g/mol. The van der Waals surface area contributed by atoms with Crippen LogP contribution in [-0.2, 0) is 16.0 Å².